The molecule has 0 aliphatic carbocycles. The van der Waals surface area contributed by atoms with Crippen molar-refractivity contribution < 1.29 is 13.9 Å². The molecule has 0 saturated carbocycles. The van der Waals surface area contributed by atoms with Crippen LogP contribution in [0.15, 0.2) is 47.1 Å². The maximum absolute atomic E-state index is 14.4. The number of fused-ring (bicyclic) bond motifs is 1. The molecule has 1 aliphatic heterocycles. The fraction of sp³-hybridized carbons (Fsp3) is 0.375. The van der Waals surface area contributed by atoms with Crippen LogP contribution in [0.2, 0.25) is 0 Å². The number of nitrogens with two attached hydrogens (primary N) is 1. The predicted molar refractivity (Wildman–Crippen MR) is 124 cm³/mol. The largest absolute Gasteiger partial charge is 0.383 e. The molecule has 2 heterocycles. The Morgan fingerprint density at radius 3 is 2.74 bits per heavy atom. The minimum absolute atomic E-state index is 0.0164. The molecule has 1 saturated heterocycles. The van der Waals surface area contributed by atoms with Crippen molar-refractivity contribution in [2.45, 2.75) is 31.8 Å². The average Bonchev–Trinajstić information content (AvgIpc) is 3.17. The molecular formula is C24H27BrFN3O2. The molecule has 5 nitrogen and oxygen atoms in total. The highest BCUT2D eigenvalue weighted by atomic mass is 79.9. The lowest BCUT2D eigenvalue weighted by Crippen LogP contribution is -2.38. The van der Waals surface area contributed by atoms with Gasteiger partial charge in [0.15, 0.2) is 0 Å². The molecule has 2 N–H and O–H groups in total. The summed E-state index contributed by atoms with van der Waals surface area (Å²) in [4.78, 5) is 15.3. The summed E-state index contributed by atoms with van der Waals surface area (Å²) in [5, 5.41) is 0.924. The van der Waals surface area contributed by atoms with Crippen molar-refractivity contribution in [3.63, 3.8) is 0 Å². The van der Waals surface area contributed by atoms with Crippen LogP contribution in [0.25, 0.3) is 10.9 Å². The lowest BCUT2D eigenvalue weighted by Gasteiger charge is -2.32. The lowest BCUT2D eigenvalue weighted by atomic mass is 9.88. The highest BCUT2D eigenvalue weighted by Crippen LogP contribution is 2.34. The number of methoxy groups -OCH3 is 1. The first-order chi connectivity index (χ1) is 15.0. The molecule has 0 unspecified atom stereocenters. The first-order valence-electron chi connectivity index (χ1n) is 10.6. The van der Waals surface area contributed by atoms with Crippen LogP contribution in [-0.4, -0.2) is 42.2 Å². The molecule has 1 aliphatic rings. The van der Waals surface area contributed by atoms with Crippen LogP contribution in [0, 0.1) is 5.82 Å². The first-order valence-corrected chi connectivity index (χ1v) is 11.4. The van der Waals surface area contributed by atoms with Crippen molar-refractivity contribution in [1.29, 1.82) is 0 Å². The number of carbonyl (C=O) groups is 1. The van der Waals surface area contributed by atoms with Gasteiger partial charge in [-0.25, -0.2) is 4.39 Å². The number of piperidine rings is 1. The quantitative estimate of drug-likeness (QED) is 0.549. The Kier molecular flexibility index (Phi) is 6.74. The van der Waals surface area contributed by atoms with E-state index < -0.39 is 0 Å². The van der Waals surface area contributed by atoms with Crippen LogP contribution in [0.5, 0.6) is 0 Å². The summed E-state index contributed by atoms with van der Waals surface area (Å²) in [5.74, 6) is -0.0693. The zero-order valence-electron chi connectivity index (χ0n) is 17.6. The second-order valence-electron chi connectivity index (χ2n) is 7.99. The summed E-state index contributed by atoms with van der Waals surface area (Å²) >= 11 is 3.62. The van der Waals surface area contributed by atoms with Gasteiger partial charge >= 0.3 is 0 Å². The molecule has 4 rings (SSSR count). The fourth-order valence-electron chi connectivity index (χ4n) is 4.44. The van der Waals surface area contributed by atoms with Crippen molar-refractivity contribution in [1.82, 2.24) is 9.47 Å². The Labute approximate surface area is 190 Å². The van der Waals surface area contributed by atoms with E-state index in [-0.39, 0.29) is 17.6 Å². The van der Waals surface area contributed by atoms with E-state index in [0.717, 1.165) is 33.8 Å². The number of carbonyl (C=O) groups excluding carboxylic acids is 1. The number of benzene rings is 2. The molecule has 164 valence electrons. The van der Waals surface area contributed by atoms with Crippen molar-refractivity contribution in [3.8, 4) is 0 Å². The average molecular weight is 488 g/mol. The third kappa shape index (κ3) is 4.40. The number of likely N-dealkylation sites (tertiary alicyclic amines) is 1. The summed E-state index contributed by atoms with van der Waals surface area (Å²) in [5.41, 5.74) is 9.07. The monoisotopic (exact) mass is 487 g/mol. The molecule has 3 aromatic rings. The smallest absolute Gasteiger partial charge is 0.256 e. The van der Waals surface area contributed by atoms with Gasteiger partial charge in [0.2, 0.25) is 0 Å². The normalized spacial score (nSPS) is 15.0. The molecule has 31 heavy (non-hydrogen) atoms. The van der Waals surface area contributed by atoms with Crippen molar-refractivity contribution in [2.75, 3.05) is 26.8 Å². The van der Waals surface area contributed by atoms with Gasteiger partial charge in [-0.05, 0) is 48.1 Å². The van der Waals surface area contributed by atoms with Gasteiger partial charge in [0.25, 0.3) is 5.91 Å². The van der Waals surface area contributed by atoms with Crippen molar-refractivity contribution in [3.05, 3.63) is 69.6 Å². The number of rotatable bonds is 6. The molecule has 0 atom stereocenters. The standard InChI is InChI=1S/C24H27BrFN3O2/c1-31-12-11-29-15-19(23-20(25)3-2-4-22(23)29)24(30)28-9-7-17(8-10-28)18-13-16(14-27)5-6-21(18)26/h2-6,13,15,17H,7-12,14,27H2,1H3. The van der Waals surface area contributed by atoms with Gasteiger partial charge in [-0.1, -0.05) is 34.1 Å². The Hall–Kier alpha value is -2.22. The highest BCUT2D eigenvalue weighted by Gasteiger charge is 2.28. The summed E-state index contributed by atoms with van der Waals surface area (Å²) in [6, 6.07) is 11.1. The van der Waals surface area contributed by atoms with Crippen LogP contribution >= 0.6 is 15.9 Å². The van der Waals surface area contributed by atoms with Gasteiger partial charge in [0, 0.05) is 49.3 Å². The topological polar surface area (TPSA) is 60.5 Å². The van der Waals surface area contributed by atoms with E-state index in [1.807, 2.05) is 35.4 Å². The van der Waals surface area contributed by atoms with E-state index in [1.165, 1.54) is 6.07 Å². The van der Waals surface area contributed by atoms with Crippen LogP contribution in [0.1, 0.15) is 40.2 Å². The van der Waals surface area contributed by atoms with Gasteiger partial charge in [0.05, 0.1) is 17.7 Å². The number of hydrogen-bond donors (Lipinski definition) is 1. The van der Waals surface area contributed by atoms with E-state index in [4.69, 9.17) is 10.5 Å². The zero-order chi connectivity index (χ0) is 22.0. The minimum Gasteiger partial charge on any atom is -0.383 e. The van der Waals surface area contributed by atoms with Crippen molar-refractivity contribution >= 4 is 32.7 Å². The fourth-order valence-corrected chi connectivity index (χ4v) is 5.01. The van der Waals surface area contributed by atoms with Crippen LogP contribution in [0.3, 0.4) is 0 Å². The lowest BCUT2D eigenvalue weighted by molar-refractivity contribution is 0.0714. The molecule has 0 radical (unpaired) electrons. The third-order valence-electron chi connectivity index (χ3n) is 6.14. The molecular weight excluding hydrogens is 461 g/mol. The number of ether oxygens (including phenoxy) is 1. The zero-order valence-corrected chi connectivity index (χ0v) is 19.2. The number of amides is 1. The Morgan fingerprint density at radius 1 is 1.26 bits per heavy atom. The first kappa shape index (κ1) is 22.0. The second-order valence-corrected chi connectivity index (χ2v) is 8.84. The molecule has 0 bridgehead atoms. The number of hydrogen-bond acceptors (Lipinski definition) is 3. The minimum atomic E-state index is -0.188. The van der Waals surface area contributed by atoms with E-state index in [1.54, 1.807) is 13.2 Å². The van der Waals surface area contributed by atoms with E-state index in [2.05, 4.69) is 20.5 Å². The Bertz CT molecular complexity index is 1090. The maximum Gasteiger partial charge on any atom is 0.256 e. The van der Waals surface area contributed by atoms with E-state index >= 15 is 0 Å². The highest BCUT2D eigenvalue weighted by molar-refractivity contribution is 9.10. The Balaban J connectivity index is 1.55. The Morgan fingerprint density at radius 2 is 2.03 bits per heavy atom. The van der Waals surface area contributed by atoms with Gasteiger partial charge in [0.1, 0.15) is 5.82 Å². The van der Waals surface area contributed by atoms with Crippen molar-refractivity contribution in [2.24, 2.45) is 5.73 Å². The molecule has 1 fully saturated rings. The van der Waals surface area contributed by atoms with Gasteiger partial charge in [-0.3, -0.25) is 4.79 Å². The van der Waals surface area contributed by atoms with E-state index in [9.17, 15) is 9.18 Å². The summed E-state index contributed by atoms with van der Waals surface area (Å²) in [6.45, 7) is 2.85. The molecule has 0 spiro atoms. The second kappa shape index (κ2) is 9.51. The number of halogens is 2. The number of nitrogens with zero attached hydrogens (tertiary/aromatic N) is 2. The SMILES string of the molecule is COCCn1cc(C(=O)N2CCC(c3cc(CN)ccc3F)CC2)c2c(Br)cccc21. The summed E-state index contributed by atoms with van der Waals surface area (Å²) in [6.07, 6.45) is 3.40. The molecule has 7 heteroatoms. The van der Waals surface area contributed by atoms with Gasteiger partial charge in [-0.2, -0.15) is 0 Å². The van der Waals surface area contributed by atoms with Crippen LogP contribution in [-0.2, 0) is 17.8 Å². The predicted octanol–water partition coefficient (Wildman–Crippen LogP) is 4.67. The molecule has 1 aromatic heterocycles. The van der Waals surface area contributed by atoms with Gasteiger partial charge < -0.3 is 19.9 Å². The molecule has 2 aromatic carbocycles. The summed E-state index contributed by atoms with van der Waals surface area (Å²) in [7, 11) is 1.67. The number of aromatic nitrogens is 1. The maximum atomic E-state index is 14.4. The van der Waals surface area contributed by atoms with Crippen LogP contribution < -0.4 is 5.73 Å². The van der Waals surface area contributed by atoms with E-state index in [0.29, 0.717) is 43.9 Å². The van der Waals surface area contributed by atoms with Gasteiger partial charge in [-0.15, -0.1) is 0 Å². The third-order valence-corrected chi connectivity index (χ3v) is 6.80. The molecule has 1 amide bonds. The summed E-state index contributed by atoms with van der Waals surface area (Å²) < 4.78 is 22.6. The van der Waals surface area contributed by atoms with Crippen LogP contribution in [0.4, 0.5) is 4.39 Å².